The molecule has 0 spiro atoms. The summed E-state index contributed by atoms with van der Waals surface area (Å²) in [6.07, 6.45) is 16.7. The van der Waals surface area contributed by atoms with Crippen LogP contribution in [0.2, 0.25) is 0 Å². The fourth-order valence-electron chi connectivity index (χ4n) is 2.30. The van der Waals surface area contributed by atoms with E-state index < -0.39 is 0 Å². The number of rotatable bonds is 19. The van der Waals surface area contributed by atoms with E-state index >= 15 is 0 Å². The molecule has 0 amide bonds. The normalized spacial score (nSPS) is 11.2. The van der Waals surface area contributed by atoms with Crippen molar-refractivity contribution in [2.45, 2.75) is 77.0 Å². The molecular formula is C18H38S4. The lowest BCUT2D eigenvalue weighted by molar-refractivity contribution is 0.702. The van der Waals surface area contributed by atoms with Crippen molar-refractivity contribution in [1.82, 2.24) is 0 Å². The number of hydrogen-bond acceptors (Lipinski definition) is 4. The third kappa shape index (κ3) is 21.4. The van der Waals surface area contributed by atoms with E-state index in [-0.39, 0.29) is 0 Å². The highest BCUT2D eigenvalue weighted by Gasteiger charge is 1.95. The zero-order valence-corrected chi connectivity index (χ0v) is 17.9. The number of hydrogen-bond donors (Lipinski definition) is 2. The predicted octanol–water partition coefficient (Wildman–Crippen LogP) is 6.99. The van der Waals surface area contributed by atoms with Crippen molar-refractivity contribution < 1.29 is 0 Å². The van der Waals surface area contributed by atoms with Crippen LogP contribution in [0.4, 0.5) is 0 Å². The minimum Gasteiger partial charge on any atom is -0.179 e. The summed E-state index contributed by atoms with van der Waals surface area (Å²) in [5.74, 6) is 7.62. The Bertz CT molecular complexity index is 168. The molecule has 0 aromatic rings. The first-order valence-corrected chi connectivity index (χ1v) is 12.9. The standard InChI is InChI=1S/C18H38S4/c19-13-7-1-3-9-15-21-17-11-5-6-12-18-22-16-10-4-2-8-14-20/h19-20H,1-18H2. The van der Waals surface area contributed by atoms with Gasteiger partial charge in [0.25, 0.3) is 0 Å². The fourth-order valence-corrected chi connectivity index (χ4v) is 4.79. The Kier molecular flexibility index (Phi) is 23.8. The first-order valence-electron chi connectivity index (χ1n) is 9.29. The van der Waals surface area contributed by atoms with Gasteiger partial charge >= 0.3 is 0 Å². The fraction of sp³-hybridized carbons (Fsp3) is 1.00. The van der Waals surface area contributed by atoms with Gasteiger partial charge in [-0.3, -0.25) is 0 Å². The highest BCUT2D eigenvalue weighted by Crippen LogP contribution is 2.14. The molecule has 0 aromatic heterocycles. The molecule has 0 radical (unpaired) electrons. The van der Waals surface area contributed by atoms with E-state index in [0.29, 0.717) is 0 Å². The van der Waals surface area contributed by atoms with E-state index in [1.165, 1.54) is 100 Å². The second-order valence-corrected chi connectivity index (χ2v) is 9.26. The summed E-state index contributed by atoms with van der Waals surface area (Å²) in [6.45, 7) is 0. The lowest BCUT2D eigenvalue weighted by Gasteiger charge is -2.03. The number of thiol groups is 2. The van der Waals surface area contributed by atoms with Gasteiger partial charge in [-0.05, 0) is 73.0 Å². The second-order valence-electron chi connectivity index (χ2n) is 5.91. The smallest absolute Gasteiger partial charge is 0.00675 e. The summed E-state index contributed by atoms with van der Waals surface area (Å²) < 4.78 is 0. The third-order valence-corrected chi connectivity index (χ3v) is 6.66. The minimum atomic E-state index is 1.06. The molecule has 0 aromatic carbocycles. The Labute approximate surface area is 159 Å². The van der Waals surface area contributed by atoms with Gasteiger partial charge in [-0.1, -0.05) is 38.5 Å². The van der Waals surface area contributed by atoms with Crippen LogP contribution >= 0.6 is 48.8 Å². The summed E-state index contributed by atoms with van der Waals surface area (Å²) in [4.78, 5) is 0. The molecule has 0 saturated heterocycles. The lowest BCUT2D eigenvalue weighted by Crippen LogP contribution is -1.88. The van der Waals surface area contributed by atoms with Gasteiger partial charge in [-0.25, -0.2) is 0 Å². The first kappa shape index (κ1) is 23.4. The van der Waals surface area contributed by atoms with Gasteiger partial charge in [-0.15, -0.1) is 0 Å². The molecule has 0 bridgehead atoms. The molecule has 0 fully saturated rings. The molecule has 0 atom stereocenters. The van der Waals surface area contributed by atoms with Crippen LogP contribution < -0.4 is 0 Å². The quantitative estimate of drug-likeness (QED) is 0.182. The molecule has 4 heteroatoms. The van der Waals surface area contributed by atoms with Gasteiger partial charge in [-0.2, -0.15) is 48.8 Å². The monoisotopic (exact) mass is 382 g/mol. The van der Waals surface area contributed by atoms with Crippen LogP contribution in [0.3, 0.4) is 0 Å². The van der Waals surface area contributed by atoms with E-state index in [1.807, 2.05) is 0 Å². The average molecular weight is 383 g/mol. The Hall–Kier alpha value is 1.40. The highest BCUT2D eigenvalue weighted by molar-refractivity contribution is 7.99. The molecule has 0 aliphatic carbocycles. The van der Waals surface area contributed by atoms with E-state index in [0.717, 1.165) is 11.5 Å². The Morgan fingerprint density at radius 3 is 0.909 bits per heavy atom. The molecular weight excluding hydrogens is 344 g/mol. The largest absolute Gasteiger partial charge is 0.179 e. The SMILES string of the molecule is SCCCCCCSCCCCCCSCCCCCCS. The summed E-state index contributed by atoms with van der Waals surface area (Å²) >= 11 is 12.8. The molecule has 0 unspecified atom stereocenters. The van der Waals surface area contributed by atoms with Crippen molar-refractivity contribution in [2.75, 3.05) is 34.5 Å². The Morgan fingerprint density at radius 1 is 0.364 bits per heavy atom. The maximum atomic E-state index is 4.25. The van der Waals surface area contributed by atoms with Crippen LogP contribution in [0.15, 0.2) is 0 Å². The van der Waals surface area contributed by atoms with Crippen molar-refractivity contribution in [1.29, 1.82) is 0 Å². The van der Waals surface area contributed by atoms with Crippen LogP contribution in [0.25, 0.3) is 0 Å². The molecule has 22 heavy (non-hydrogen) atoms. The van der Waals surface area contributed by atoms with E-state index in [4.69, 9.17) is 0 Å². The lowest BCUT2D eigenvalue weighted by atomic mass is 10.2. The topological polar surface area (TPSA) is 0 Å². The maximum absolute atomic E-state index is 4.25. The minimum absolute atomic E-state index is 1.06. The zero-order valence-electron chi connectivity index (χ0n) is 14.4. The van der Waals surface area contributed by atoms with Crippen LogP contribution in [0.1, 0.15) is 77.0 Å². The van der Waals surface area contributed by atoms with Crippen LogP contribution in [-0.2, 0) is 0 Å². The van der Waals surface area contributed by atoms with Gasteiger partial charge in [0.05, 0.1) is 0 Å². The molecule has 134 valence electrons. The van der Waals surface area contributed by atoms with Gasteiger partial charge in [0.1, 0.15) is 0 Å². The average Bonchev–Trinajstić information content (AvgIpc) is 2.54. The van der Waals surface area contributed by atoms with E-state index in [1.54, 1.807) is 0 Å². The number of thioether (sulfide) groups is 2. The number of unbranched alkanes of at least 4 members (excludes halogenated alkanes) is 9. The predicted molar refractivity (Wildman–Crippen MR) is 118 cm³/mol. The molecule has 0 aliphatic rings. The van der Waals surface area contributed by atoms with Crippen molar-refractivity contribution >= 4 is 48.8 Å². The second kappa shape index (κ2) is 22.4. The van der Waals surface area contributed by atoms with Crippen molar-refractivity contribution in [2.24, 2.45) is 0 Å². The highest BCUT2D eigenvalue weighted by atomic mass is 32.2. The molecule has 0 nitrogen and oxygen atoms in total. The molecule has 0 rings (SSSR count). The summed E-state index contributed by atoms with van der Waals surface area (Å²) in [6, 6.07) is 0. The Morgan fingerprint density at radius 2 is 0.636 bits per heavy atom. The first-order chi connectivity index (χ1) is 10.9. The van der Waals surface area contributed by atoms with Gasteiger partial charge < -0.3 is 0 Å². The molecule has 0 aliphatic heterocycles. The van der Waals surface area contributed by atoms with Gasteiger partial charge in [0.15, 0.2) is 0 Å². The maximum Gasteiger partial charge on any atom is -0.00675 e. The van der Waals surface area contributed by atoms with Gasteiger partial charge in [0, 0.05) is 0 Å². The van der Waals surface area contributed by atoms with Crippen LogP contribution in [0, 0.1) is 0 Å². The van der Waals surface area contributed by atoms with Crippen molar-refractivity contribution in [3.8, 4) is 0 Å². The van der Waals surface area contributed by atoms with E-state index in [2.05, 4.69) is 48.8 Å². The summed E-state index contributed by atoms with van der Waals surface area (Å²) in [5.41, 5.74) is 0. The third-order valence-electron chi connectivity index (χ3n) is 3.72. The summed E-state index contributed by atoms with van der Waals surface area (Å²) in [5, 5.41) is 0. The zero-order chi connectivity index (χ0) is 16.1. The molecule has 0 saturated carbocycles. The van der Waals surface area contributed by atoms with E-state index in [9.17, 15) is 0 Å². The van der Waals surface area contributed by atoms with Crippen LogP contribution in [0.5, 0.6) is 0 Å². The van der Waals surface area contributed by atoms with Crippen LogP contribution in [-0.4, -0.2) is 34.5 Å². The summed E-state index contributed by atoms with van der Waals surface area (Å²) in [7, 11) is 0. The molecule has 0 heterocycles. The molecule has 0 N–H and O–H groups in total. The van der Waals surface area contributed by atoms with Gasteiger partial charge in [0.2, 0.25) is 0 Å². The van der Waals surface area contributed by atoms with Crippen molar-refractivity contribution in [3.05, 3.63) is 0 Å². The Balaban J connectivity index is 2.91. The van der Waals surface area contributed by atoms with Crippen molar-refractivity contribution in [3.63, 3.8) is 0 Å².